The fourth-order valence-electron chi connectivity index (χ4n) is 2.14. The Morgan fingerprint density at radius 3 is 2.68 bits per heavy atom. The van der Waals surface area contributed by atoms with E-state index in [9.17, 15) is 12.8 Å². The summed E-state index contributed by atoms with van der Waals surface area (Å²) in [5.41, 5.74) is 5.25. The zero-order valence-corrected chi connectivity index (χ0v) is 11.7. The predicted octanol–water partition coefficient (Wildman–Crippen LogP) is 0.734. The first-order chi connectivity index (χ1) is 8.93. The summed E-state index contributed by atoms with van der Waals surface area (Å²) >= 11 is 0. The highest BCUT2D eigenvalue weighted by Crippen LogP contribution is 2.25. The summed E-state index contributed by atoms with van der Waals surface area (Å²) in [7, 11) is -1.77. The third kappa shape index (κ3) is 2.88. The van der Waals surface area contributed by atoms with E-state index in [0.29, 0.717) is 19.6 Å². The molecule has 0 radical (unpaired) electrons. The van der Waals surface area contributed by atoms with Crippen LogP contribution in [0.1, 0.15) is 6.42 Å². The Kier molecular flexibility index (Phi) is 4.07. The van der Waals surface area contributed by atoms with Gasteiger partial charge >= 0.3 is 0 Å². The van der Waals surface area contributed by atoms with Crippen molar-refractivity contribution in [3.05, 3.63) is 24.0 Å². The van der Waals surface area contributed by atoms with Crippen molar-refractivity contribution in [2.75, 3.05) is 39.0 Å². The van der Waals surface area contributed by atoms with Crippen molar-refractivity contribution in [3.8, 4) is 0 Å². The van der Waals surface area contributed by atoms with E-state index in [0.717, 1.165) is 19.0 Å². The molecule has 2 rings (SSSR count). The first-order valence-corrected chi connectivity index (χ1v) is 7.59. The van der Waals surface area contributed by atoms with Gasteiger partial charge in [0.2, 0.25) is 10.0 Å². The number of hydrogen-bond donors (Lipinski definition) is 1. The van der Waals surface area contributed by atoms with Crippen molar-refractivity contribution in [3.63, 3.8) is 0 Å². The van der Waals surface area contributed by atoms with E-state index in [-0.39, 0.29) is 10.6 Å². The largest absolute Gasteiger partial charge is 0.395 e. The van der Waals surface area contributed by atoms with E-state index in [1.54, 1.807) is 0 Å². The van der Waals surface area contributed by atoms with E-state index < -0.39 is 15.8 Å². The number of nitrogen functional groups attached to an aromatic ring is 1. The van der Waals surface area contributed by atoms with Crippen LogP contribution in [0, 0.1) is 5.82 Å². The quantitative estimate of drug-likeness (QED) is 0.815. The number of nitrogens with zero attached hydrogens (tertiary/aromatic N) is 2. The molecular formula is C12H18FN3O2S. The number of halogens is 1. The minimum Gasteiger partial charge on any atom is -0.395 e. The molecule has 0 amide bonds. The average molecular weight is 287 g/mol. The number of anilines is 1. The molecule has 1 fully saturated rings. The average Bonchev–Trinajstić information content (AvgIpc) is 2.57. The second kappa shape index (κ2) is 5.44. The molecule has 0 atom stereocenters. The highest BCUT2D eigenvalue weighted by atomic mass is 32.2. The van der Waals surface area contributed by atoms with Crippen LogP contribution in [0.4, 0.5) is 10.1 Å². The summed E-state index contributed by atoms with van der Waals surface area (Å²) in [5, 5.41) is 0. The lowest BCUT2D eigenvalue weighted by Crippen LogP contribution is -2.35. The molecule has 0 saturated carbocycles. The SMILES string of the molecule is CN1CCCN(S(=O)(=O)c2cccc(F)c2N)CC1. The molecule has 106 valence electrons. The van der Waals surface area contributed by atoms with Crippen LogP contribution in [0.15, 0.2) is 23.1 Å². The Hall–Kier alpha value is -1.18. The van der Waals surface area contributed by atoms with Gasteiger partial charge in [0.1, 0.15) is 10.7 Å². The highest BCUT2D eigenvalue weighted by molar-refractivity contribution is 7.89. The number of hydrogen-bond acceptors (Lipinski definition) is 4. The smallest absolute Gasteiger partial charge is 0.245 e. The Balaban J connectivity index is 2.34. The van der Waals surface area contributed by atoms with E-state index >= 15 is 0 Å². The standard InChI is InChI=1S/C12H18FN3O2S/c1-15-6-3-7-16(9-8-15)19(17,18)11-5-2-4-10(13)12(11)14/h2,4-5H,3,6-9,14H2,1H3. The topological polar surface area (TPSA) is 66.6 Å². The summed E-state index contributed by atoms with van der Waals surface area (Å²) in [4.78, 5) is 1.93. The van der Waals surface area contributed by atoms with Crippen LogP contribution in [0.3, 0.4) is 0 Å². The Morgan fingerprint density at radius 1 is 1.21 bits per heavy atom. The van der Waals surface area contributed by atoms with Crippen LogP contribution in [-0.4, -0.2) is 50.8 Å². The maximum Gasteiger partial charge on any atom is 0.245 e. The van der Waals surface area contributed by atoms with Crippen molar-refractivity contribution in [1.82, 2.24) is 9.21 Å². The summed E-state index contributed by atoms with van der Waals surface area (Å²) in [6.07, 6.45) is 0.755. The monoisotopic (exact) mass is 287 g/mol. The van der Waals surface area contributed by atoms with Gasteiger partial charge in [-0.15, -0.1) is 0 Å². The van der Waals surface area contributed by atoms with E-state index in [2.05, 4.69) is 4.90 Å². The van der Waals surface area contributed by atoms with Crippen molar-refractivity contribution < 1.29 is 12.8 Å². The predicted molar refractivity (Wildman–Crippen MR) is 71.7 cm³/mol. The number of sulfonamides is 1. The first-order valence-electron chi connectivity index (χ1n) is 6.15. The van der Waals surface area contributed by atoms with Gasteiger partial charge in [-0.25, -0.2) is 12.8 Å². The second-order valence-corrected chi connectivity index (χ2v) is 6.62. The molecule has 1 aliphatic rings. The minimum absolute atomic E-state index is 0.142. The lowest BCUT2D eigenvalue weighted by molar-refractivity contribution is 0.347. The molecule has 1 aliphatic heterocycles. The van der Waals surface area contributed by atoms with Crippen molar-refractivity contribution >= 4 is 15.7 Å². The molecule has 19 heavy (non-hydrogen) atoms. The van der Waals surface area contributed by atoms with Crippen LogP contribution >= 0.6 is 0 Å². The molecule has 0 bridgehead atoms. The van der Waals surface area contributed by atoms with Gasteiger partial charge in [0, 0.05) is 19.6 Å². The number of likely N-dealkylation sites (N-methyl/N-ethyl adjacent to an activating group) is 1. The van der Waals surface area contributed by atoms with Gasteiger partial charge in [-0.05, 0) is 32.1 Å². The van der Waals surface area contributed by atoms with Crippen molar-refractivity contribution in [2.45, 2.75) is 11.3 Å². The van der Waals surface area contributed by atoms with Gasteiger partial charge in [-0.1, -0.05) is 6.07 Å². The van der Waals surface area contributed by atoms with Crippen LogP contribution < -0.4 is 5.73 Å². The van der Waals surface area contributed by atoms with Gasteiger partial charge in [-0.2, -0.15) is 4.31 Å². The number of rotatable bonds is 2. The van der Waals surface area contributed by atoms with E-state index in [1.807, 2.05) is 7.05 Å². The minimum atomic E-state index is -3.72. The molecule has 0 spiro atoms. The maximum absolute atomic E-state index is 13.4. The van der Waals surface area contributed by atoms with Crippen molar-refractivity contribution in [1.29, 1.82) is 0 Å². The molecule has 0 aromatic heterocycles. The maximum atomic E-state index is 13.4. The summed E-state index contributed by atoms with van der Waals surface area (Å²) < 4.78 is 39.7. The van der Waals surface area contributed by atoms with Crippen LogP contribution in [0.5, 0.6) is 0 Å². The zero-order chi connectivity index (χ0) is 14.0. The lowest BCUT2D eigenvalue weighted by Gasteiger charge is -2.21. The third-order valence-electron chi connectivity index (χ3n) is 3.31. The van der Waals surface area contributed by atoms with Crippen LogP contribution in [0.2, 0.25) is 0 Å². The van der Waals surface area contributed by atoms with E-state index in [1.165, 1.54) is 16.4 Å². The Morgan fingerprint density at radius 2 is 1.95 bits per heavy atom. The number of nitrogens with two attached hydrogens (primary N) is 1. The zero-order valence-electron chi connectivity index (χ0n) is 10.8. The summed E-state index contributed by atoms with van der Waals surface area (Å²) in [5.74, 6) is -0.701. The fourth-order valence-corrected chi connectivity index (χ4v) is 3.74. The Bertz CT molecular complexity index is 562. The molecule has 0 unspecified atom stereocenters. The third-order valence-corrected chi connectivity index (χ3v) is 5.27. The van der Waals surface area contributed by atoms with Gasteiger partial charge < -0.3 is 10.6 Å². The van der Waals surface area contributed by atoms with Gasteiger partial charge in [0.15, 0.2) is 0 Å². The second-order valence-electron chi connectivity index (χ2n) is 4.71. The molecule has 1 aromatic carbocycles. The molecule has 2 N–H and O–H groups in total. The summed E-state index contributed by atoms with van der Waals surface area (Å²) in [6, 6.07) is 3.87. The van der Waals surface area contributed by atoms with E-state index in [4.69, 9.17) is 5.73 Å². The van der Waals surface area contributed by atoms with Gasteiger partial charge in [-0.3, -0.25) is 0 Å². The Labute approximate surface area is 112 Å². The highest BCUT2D eigenvalue weighted by Gasteiger charge is 2.28. The van der Waals surface area contributed by atoms with Crippen LogP contribution in [-0.2, 0) is 10.0 Å². The number of para-hydroxylation sites is 1. The van der Waals surface area contributed by atoms with Crippen molar-refractivity contribution in [2.24, 2.45) is 0 Å². The molecular weight excluding hydrogens is 269 g/mol. The lowest BCUT2D eigenvalue weighted by atomic mass is 10.3. The normalized spacial score (nSPS) is 19.3. The van der Waals surface area contributed by atoms with Gasteiger partial charge in [0.25, 0.3) is 0 Å². The van der Waals surface area contributed by atoms with Gasteiger partial charge in [0.05, 0.1) is 5.69 Å². The molecule has 5 nitrogen and oxygen atoms in total. The molecule has 1 heterocycles. The summed E-state index contributed by atoms with van der Waals surface area (Å²) in [6.45, 7) is 2.34. The fraction of sp³-hybridized carbons (Fsp3) is 0.500. The van der Waals surface area contributed by atoms with Crippen LogP contribution in [0.25, 0.3) is 0 Å². The first kappa shape index (κ1) is 14.2. The molecule has 0 aliphatic carbocycles. The number of benzene rings is 1. The molecule has 1 saturated heterocycles. The molecule has 1 aromatic rings. The molecule has 7 heteroatoms.